The van der Waals surface area contributed by atoms with E-state index in [2.05, 4.69) is 15.6 Å². The van der Waals surface area contributed by atoms with E-state index in [0.29, 0.717) is 30.3 Å². The molecule has 6 heteroatoms. The minimum absolute atomic E-state index is 0.0121. The van der Waals surface area contributed by atoms with Gasteiger partial charge in [-0.15, -0.1) is 0 Å². The Morgan fingerprint density at radius 1 is 1.04 bits per heavy atom. The van der Waals surface area contributed by atoms with Crippen molar-refractivity contribution in [2.45, 2.75) is 26.8 Å². The Bertz CT molecular complexity index is 699. The third-order valence-electron chi connectivity index (χ3n) is 3.49. The van der Waals surface area contributed by atoms with Crippen molar-refractivity contribution in [3.63, 3.8) is 0 Å². The SMILES string of the molecule is CC(C)CC(=O)Nc1ccc(NC(=O)N(C)Cc2ccccn2)cc1. The number of hydrogen-bond donors (Lipinski definition) is 2. The van der Waals surface area contributed by atoms with Crippen molar-refractivity contribution in [1.82, 2.24) is 9.88 Å². The highest BCUT2D eigenvalue weighted by molar-refractivity contribution is 5.92. The second-order valence-corrected chi connectivity index (χ2v) is 6.33. The lowest BCUT2D eigenvalue weighted by Crippen LogP contribution is -2.31. The lowest BCUT2D eigenvalue weighted by atomic mass is 10.1. The molecule has 0 spiro atoms. The smallest absolute Gasteiger partial charge is 0.321 e. The molecule has 6 nitrogen and oxygen atoms in total. The van der Waals surface area contributed by atoms with Crippen LogP contribution in [-0.2, 0) is 11.3 Å². The Balaban J connectivity index is 1.87. The molecule has 3 amide bonds. The fourth-order valence-electron chi connectivity index (χ4n) is 2.25. The number of aromatic nitrogens is 1. The van der Waals surface area contributed by atoms with E-state index in [1.54, 1.807) is 42.4 Å². The van der Waals surface area contributed by atoms with Gasteiger partial charge in [-0.2, -0.15) is 0 Å². The number of benzene rings is 1. The van der Waals surface area contributed by atoms with Crippen LogP contribution in [0.2, 0.25) is 0 Å². The van der Waals surface area contributed by atoms with Gasteiger partial charge >= 0.3 is 6.03 Å². The molecule has 0 bridgehead atoms. The van der Waals surface area contributed by atoms with Gasteiger partial charge in [-0.05, 0) is 42.3 Å². The third-order valence-corrected chi connectivity index (χ3v) is 3.49. The fraction of sp³-hybridized carbons (Fsp3) is 0.316. The summed E-state index contributed by atoms with van der Waals surface area (Å²) in [5.74, 6) is 0.301. The largest absolute Gasteiger partial charge is 0.326 e. The number of carbonyl (C=O) groups excluding carboxylic acids is 2. The molecule has 1 heterocycles. The molecule has 2 aromatic rings. The summed E-state index contributed by atoms with van der Waals surface area (Å²) in [6.45, 7) is 4.43. The van der Waals surface area contributed by atoms with Gasteiger partial charge < -0.3 is 15.5 Å². The maximum absolute atomic E-state index is 12.2. The van der Waals surface area contributed by atoms with Crippen molar-refractivity contribution in [3.05, 3.63) is 54.4 Å². The van der Waals surface area contributed by atoms with Gasteiger partial charge in [-0.25, -0.2) is 4.79 Å². The summed E-state index contributed by atoms with van der Waals surface area (Å²) < 4.78 is 0. The van der Waals surface area contributed by atoms with Crippen LogP contribution in [0.15, 0.2) is 48.7 Å². The Morgan fingerprint density at radius 2 is 1.68 bits per heavy atom. The van der Waals surface area contributed by atoms with E-state index in [-0.39, 0.29) is 11.9 Å². The molecule has 132 valence electrons. The zero-order chi connectivity index (χ0) is 18.2. The van der Waals surface area contributed by atoms with E-state index in [0.717, 1.165) is 5.69 Å². The summed E-state index contributed by atoms with van der Waals surface area (Å²) in [4.78, 5) is 29.7. The summed E-state index contributed by atoms with van der Waals surface area (Å²) in [6.07, 6.45) is 2.18. The summed E-state index contributed by atoms with van der Waals surface area (Å²) in [5, 5.41) is 5.66. The minimum atomic E-state index is -0.220. The molecule has 0 aliphatic rings. The summed E-state index contributed by atoms with van der Waals surface area (Å²) >= 11 is 0. The average Bonchev–Trinajstić information content (AvgIpc) is 2.56. The highest BCUT2D eigenvalue weighted by Gasteiger charge is 2.10. The summed E-state index contributed by atoms with van der Waals surface area (Å²) in [7, 11) is 1.71. The molecule has 0 aliphatic carbocycles. The van der Waals surface area contributed by atoms with Crippen molar-refractivity contribution in [3.8, 4) is 0 Å². The normalized spacial score (nSPS) is 10.4. The lowest BCUT2D eigenvalue weighted by molar-refractivity contribution is -0.116. The molecular formula is C19H24N4O2. The topological polar surface area (TPSA) is 74.3 Å². The summed E-state index contributed by atoms with van der Waals surface area (Å²) in [6, 6.07) is 12.4. The Labute approximate surface area is 148 Å². The van der Waals surface area contributed by atoms with Crippen LogP contribution in [0.5, 0.6) is 0 Å². The van der Waals surface area contributed by atoms with Crippen molar-refractivity contribution in [1.29, 1.82) is 0 Å². The van der Waals surface area contributed by atoms with Crippen LogP contribution in [0.1, 0.15) is 26.0 Å². The Hall–Kier alpha value is -2.89. The van der Waals surface area contributed by atoms with Crippen molar-refractivity contribution in [2.75, 3.05) is 17.7 Å². The number of anilines is 2. The number of hydrogen-bond acceptors (Lipinski definition) is 3. The van der Waals surface area contributed by atoms with Gasteiger partial charge in [0, 0.05) is 31.0 Å². The molecule has 0 radical (unpaired) electrons. The second kappa shape index (κ2) is 8.82. The van der Waals surface area contributed by atoms with Crippen molar-refractivity contribution >= 4 is 23.3 Å². The van der Waals surface area contributed by atoms with E-state index < -0.39 is 0 Å². The van der Waals surface area contributed by atoms with Crippen LogP contribution < -0.4 is 10.6 Å². The third kappa shape index (κ3) is 6.25. The van der Waals surface area contributed by atoms with Gasteiger partial charge in [0.05, 0.1) is 12.2 Å². The average molecular weight is 340 g/mol. The highest BCUT2D eigenvalue weighted by atomic mass is 16.2. The molecule has 0 unspecified atom stereocenters. The number of rotatable bonds is 6. The Morgan fingerprint density at radius 3 is 2.24 bits per heavy atom. The molecule has 0 atom stereocenters. The predicted molar refractivity (Wildman–Crippen MR) is 99.2 cm³/mol. The zero-order valence-electron chi connectivity index (χ0n) is 14.8. The van der Waals surface area contributed by atoms with Gasteiger partial charge in [0.2, 0.25) is 5.91 Å². The zero-order valence-corrected chi connectivity index (χ0v) is 14.8. The lowest BCUT2D eigenvalue weighted by Gasteiger charge is -2.17. The molecule has 2 rings (SSSR count). The van der Waals surface area contributed by atoms with E-state index in [1.807, 2.05) is 32.0 Å². The quantitative estimate of drug-likeness (QED) is 0.841. The molecule has 0 fully saturated rings. The highest BCUT2D eigenvalue weighted by Crippen LogP contribution is 2.15. The maximum atomic E-state index is 12.2. The molecule has 0 saturated carbocycles. The number of nitrogens with zero attached hydrogens (tertiary/aromatic N) is 2. The summed E-state index contributed by atoms with van der Waals surface area (Å²) in [5.41, 5.74) is 2.20. The van der Waals surface area contributed by atoms with Crippen molar-refractivity contribution in [2.24, 2.45) is 5.92 Å². The van der Waals surface area contributed by atoms with Crippen molar-refractivity contribution < 1.29 is 9.59 Å². The monoisotopic (exact) mass is 340 g/mol. The van der Waals surface area contributed by atoms with Gasteiger partial charge in [0.15, 0.2) is 0 Å². The van der Waals surface area contributed by atoms with Gasteiger partial charge in [-0.1, -0.05) is 19.9 Å². The van der Waals surface area contributed by atoms with Crippen LogP contribution in [0, 0.1) is 5.92 Å². The van der Waals surface area contributed by atoms with E-state index in [4.69, 9.17) is 0 Å². The van der Waals surface area contributed by atoms with Crippen LogP contribution in [0.3, 0.4) is 0 Å². The number of amides is 3. The molecule has 0 aliphatic heterocycles. The standard InChI is InChI=1S/C19H24N4O2/c1-14(2)12-18(24)21-15-7-9-16(10-8-15)22-19(25)23(3)13-17-6-4-5-11-20-17/h4-11,14H,12-13H2,1-3H3,(H,21,24)(H,22,25). The predicted octanol–water partition coefficient (Wildman–Crippen LogP) is 3.73. The second-order valence-electron chi connectivity index (χ2n) is 6.33. The van der Waals surface area contributed by atoms with Gasteiger partial charge in [0.1, 0.15) is 0 Å². The molecule has 2 N–H and O–H groups in total. The van der Waals surface area contributed by atoms with Crippen LogP contribution >= 0.6 is 0 Å². The molecule has 0 saturated heterocycles. The molecule has 1 aromatic carbocycles. The van der Waals surface area contributed by atoms with E-state index in [9.17, 15) is 9.59 Å². The van der Waals surface area contributed by atoms with Gasteiger partial charge in [-0.3, -0.25) is 9.78 Å². The maximum Gasteiger partial charge on any atom is 0.321 e. The van der Waals surface area contributed by atoms with Crippen LogP contribution in [0.4, 0.5) is 16.2 Å². The Kier molecular flexibility index (Phi) is 6.51. The minimum Gasteiger partial charge on any atom is -0.326 e. The fourth-order valence-corrected chi connectivity index (χ4v) is 2.25. The number of nitrogens with one attached hydrogen (secondary N) is 2. The first-order valence-corrected chi connectivity index (χ1v) is 8.26. The van der Waals surface area contributed by atoms with E-state index >= 15 is 0 Å². The molecule has 1 aromatic heterocycles. The molecule has 25 heavy (non-hydrogen) atoms. The number of urea groups is 1. The van der Waals surface area contributed by atoms with E-state index in [1.165, 1.54) is 0 Å². The van der Waals surface area contributed by atoms with Crippen LogP contribution in [0.25, 0.3) is 0 Å². The van der Waals surface area contributed by atoms with Gasteiger partial charge in [0.25, 0.3) is 0 Å². The van der Waals surface area contributed by atoms with Crippen LogP contribution in [-0.4, -0.2) is 28.9 Å². The first-order chi connectivity index (χ1) is 11.9. The number of pyridine rings is 1. The number of carbonyl (C=O) groups is 2. The molecular weight excluding hydrogens is 316 g/mol. The first kappa shape index (κ1) is 18.4. The first-order valence-electron chi connectivity index (χ1n) is 8.26.